The van der Waals surface area contributed by atoms with E-state index < -0.39 is 15.9 Å². The molecule has 0 spiro atoms. The average Bonchev–Trinajstić information content (AvgIpc) is 3.20. The van der Waals surface area contributed by atoms with Gasteiger partial charge in [0.1, 0.15) is 0 Å². The number of para-hydroxylation sites is 1. The molecule has 0 fully saturated rings. The largest absolute Gasteiger partial charge is 0.349 e. The molecule has 1 atom stereocenters. The van der Waals surface area contributed by atoms with Crippen molar-refractivity contribution in [3.8, 4) is 11.3 Å². The predicted octanol–water partition coefficient (Wildman–Crippen LogP) is 3.13. The first-order chi connectivity index (χ1) is 13.0. The highest BCUT2D eigenvalue weighted by molar-refractivity contribution is 7.94. The Morgan fingerprint density at radius 3 is 2.56 bits per heavy atom. The minimum Gasteiger partial charge on any atom is -0.349 e. The number of nitrogens with zero attached hydrogens (tertiary/aromatic N) is 1. The molecule has 1 aliphatic rings. The molecule has 6 heteroatoms. The second-order valence-corrected chi connectivity index (χ2v) is 8.62. The van der Waals surface area contributed by atoms with Crippen LogP contribution in [0.2, 0.25) is 0 Å². The Kier molecular flexibility index (Phi) is 4.58. The summed E-state index contributed by atoms with van der Waals surface area (Å²) in [6.45, 7) is 0.521. The number of fused-ring (bicyclic) bond motifs is 1. The zero-order chi connectivity index (χ0) is 18.9. The molecule has 1 amide bonds. The quantitative estimate of drug-likeness (QED) is 0.739. The fraction of sp³-hybridized carbons (Fsp3) is 0.190. The SMILES string of the molecule is O=C(CCn1c(-c2ccccc2)cc2ccccc21)NC1C=CS(=O)(=O)C1. The molecule has 138 valence electrons. The molecule has 1 unspecified atom stereocenters. The van der Waals surface area contributed by atoms with Crippen molar-refractivity contribution < 1.29 is 13.2 Å². The average molecular weight is 380 g/mol. The third kappa shape index (κ3) is 3.80. The summed E-state index contributed by atoms with van der Waals surface area (Å²) in [6.07, 6.45) is 1.82. The van der Waals surface area contributed by atoms with Crippen LogP contribution in [0, 0.1) is 0 Å². The molecular formula is C21H20N2O3S. The van der Waals surface area contributed by atoms with E-state index in [2.05, 4.69) is 34.1 Å². The summed E-state index contributed by atoms with van der Waals surface area (Å²) in [5.41, 5.74) is 3.24. The van der Waals surface area contributed by atoms with Crippen LogP contribution in [-0.4, -0.2) is 30.7 Å². The molecule has 1 aromatic heterocycles. The van der Waals surface area contributed by atoms with Gasteiger partial charge in [0.2, 0.25) is 5.91 Å². The molecular weight excluding hydrogens is 360 g/mol. The number of carbonyl (C=O) groups excluding carboxylic acids is 1. The molecule has 4 rings (SSSR count). The first kappa shape index (κ1) is 17.5. The van der Waals surface area contributed by atoms with Gasteiger partial charge >= 0.3 is 0 Å². The molecule has 2 heterocycles. The molecule has 27 heavy (non-hydrogen) atoms. The standard InChI is InChI=1S/C21H20N2O3S/c24-21(22-18-11-13-27(25,26)15-18)10-12-23-19-9-5-4-8-17(19)14-20(23)16-6-2-1-3-7-16/h1-9,11,13-14,18H,10,12,15H2,(H,22,24). The molecule has 1 aliphatic heterocycles. The highest BCUT2D eigenvalue weighted by atomic mass is 32.2. The number of nitrogens with one attached hydrogen (secondary N) is 1. The maximum atomic E-state index is 12.3. The molecule has 3 aromatic rings. The number of benzene rings is 2. The van der Waals surface area contributed by atoms with Gasteiger partial charge < -0.3 is 9.88 Å². The van der Waals surface area contributed by atoms with Crippen molar-refractivity contribution in [1.82, 2.24) is 9.88 Å². The summed E-state index contributed by atoms with van der Waals surface area (Å²) < 4.78 is 25.1. The van der Waals surface area contributed by atoms with E-state index in [1.807, 2.05) is 36.4 Å². The Labute approximate surface area is 158 Å². The van der Waals surface area contributed by atoms with Gasteiger partial charge in [-0.3, -0.25) is 4.79 Å². The van der Waals surface area contributed by atoms with E-state index in [4.69, 9.17) is 0 Å². The van der Waals surface area contributed by atoms with Crippen LogP contribution in [0.1, 0.15) is 6.42 Å². The number of hydrogen-bond acceptors (Lipinski definition) is 3. The molecule has 2 aromatic carbocycles. The third-order valence-electron chi connectivity index (χ3n) is 4.72. The van der Waals surface area contributed by atoms with Crippen LogP contribution in [0.25, 0.3) is 22.2 Å². The maximum Gasteiger partial charge on any atom is 0.222 e. The molecule has 0 aliphatic carbocycles. The van der Waals surface area contributed by atoms with Crippen LogP contribution in [0.15, 0.2) is 72.1 Å². The number of amides is 1. The second kappa shape index (κ2) is 7.04. The summed E-state index contributed by atoms with van der Waals surface area (Å²) in [7, 11) is -3.17. The summed E-state index contributed by atoms with van der Waals surface area (Å²) in [4.78, 5) is 12.3. The van der Waals surface area contributed by atoms with Gasteiger partial charge in [-0.2, -0.15) is 0 Å². The number of aryl methyl sites for hydroxylation is 1. The molecule has 0 bridgehead atoms. The number of aromatic nitrogens is 1. The van der Waals surface area contributed by atoms with Crippen molar-refractivity contribution in [2.45, 2.75) is 19.0 Å². The third-order valence-corrected chi connectivity index (χ3v) is 6.11. The molecule has 0 radical (unpaired) electrons. The smallest absolute Gasteiger partial charge is 0.222 e. The van der Waals surface area contributed by atoms with Gasteiger partial charge in [0, 0.05) is 35.0 Å². The van der Waals surface area contributed by atoms with E-state index in [-0.39, 0.29) is 18.1 Å². The Morgan fingerprint density at radius 1 is 1.07 bits per heavy atom. The second-order valence-electron chi connectivity index (χ2n) is 6.69. The van der Waals surface area contributed by atoms with Crippen LogP contribution in [0.3, 0.4) is 0 Å². The van der Waals surface area contributed by atoms with Gasteiger partial charge in [-0.05, 0) is 23.8 Å². The lowest BCUT2D eigenvalue weighted by Crippen LogP contribution is -2.35. The zero-order valence-electron chi connectivity index (χ0n) is 14.7. The van der Waals surface area contributed by atoms with Gasteiger partial charge in [0.25, 0.3) is 0 Å². The summed E-state index contributed by atoms with van der Waals surface area (Å²) in [6, 6.07) is 19.9. The number of carbonyl (C=O) groups is 1. The topological polar surface area (TPSA) is 68.2 Å². The Hall–Kier alpha value is -2.86. The van der Waals surface area contributed by atoms with Crippen LogP contribution < -0.4 is 5.32 Å². The summed E-state index contributed by atoms with van der Waals surface area (Å²) in [5.74, 6) is -0.209. The van der Waals surface area contributed by atoms with Crippen molar-refractivity contribution in [2.75, 3.05) is 5.75 Å². The Morgan fingerprint density at radius 2 is 1.81 bits per heavy atom. The van der Waals surface area contributed by atoms with Crippen molar-refractivity contribution >= 4 is 26.6 Å². The number of hydrogen-bond donors (Lipinski definition) is 1. The van der Waals surface area contributed by atoms with Gasteiger partial charge in [0.05, 0.1) is 11.8 Å². The lowest BCUT2D eigenvalue weighted by Gasteiger charge is -2.13. The van der Waals surface area contributed by atoms with Gasteiger partial charge in [-0.15, -0.1) is 0 Å². The molecule has 0 saturated heterocycles. The van der Waals surface area contributed by atoms with E-state index >= 15 is 0 Å². The number of sulfone groups is 1. The van der Waals surface area contributed by atoms with Crippen molar-refractivity contribution in [1.29, 1.82) is 0 Å². The summed E-state index contributed by atoms with van der Waals surface area (Å²) >= 11 is 0. The van der Waals surface area contributed by atoms with Crippen LogP contribution in [-0.2, 0) is 21.2 Å². The fourth-order valence-electron chi connectivity index (χ4n) is 3.46. The Bertz CT molecular complexity index is 1110. The van der Waals surface area contributed by atoms with E-state index in [1.54, 1.807) is 0 Å². The van der Waals surface area contributed by atoms with Crippen LogP contribution in [0.4, 0.5) is 0 Å². The first-order valence-electron chi connectivity index (χ1n) is 8.86. The molecule has 5 nitrogen and oxygen atoms in total. The van der Waals surface area contributed by atoms with E-state index in [0.29, 0.717) is 6.54 Å². The lowest BCUT2D eigenvalue weighted by molar-refractivity contribution is -0.121. The fourth-order valence-corrected chi connectivity index (χ4v) is 4.69. The van der Waals surface area contributed by atoms with E-state index in [0.717, 1.165) is 22.2 Å². The summed E-state index contributed by atoms with van der Waals surface area (Å²) in [5, 5.41) is 5.08. The first-order valence-corrected chi connectivity index (χ1v) is 10.6. The lowest BCUT2D eigenvalue weighted by atomic mass is 10.1. The predicted molar refractivity (Wildman–Crippen MR) is 107 cm³/mol. The van der Waals surface area contributed by atoms with Crippen molar-refractivity contribution in [3.05, 3.63) is 72.1 Å². The van der Waals surface area contributed by atoms with Gasteiger partial charge in [0.15, 0.2) is 9.84 Å². The van der Waals surface area contributed by atoms with Gasteiger partial charge in [-0.1, -0.05) is 48.5 Å². The highest BCUT2D eigenvalue weighted by Gasteiger charge is 2.23. The highest BCUT2D eigenvalue weighted by Crippen LogP contribution is 2.28. The monoisotopic (exact) mass is 380 g/mol. The van der Waals surface area contributed by atoms with E-state index in [9.17, 15) is 13.2 Å². The minimum absolute atomic E-state index is 0.0551. The molecule has 1 N–H and O–H groups in total. The van der Waals surface area contributed by atoms with Gasteiger partial charge in [-0.25, -0.2) is 8.42 Å². The van der Waals surface area contributed by atoms with Crippen LogP contribution >= 0.6 is 0 Å². The van der Waals surface area contributed by atoms with Crippen molar-refractivity contribution in [3.63, 3.8) is 0 Å². The number of rotatable bonds is 5. The molecule has 0 saturated carbocycles. The van der Waals surface area contributed by atoms with Crippen LogP contribution in [0.5, 0.6) is 0 Å². The van der Waals surface area contributed by atoms with E-state index in [1.165, 1.54) is 11.5 Å². The minimum atomic E-state index is -3.17. The van der Waals surface area contributed by atoms with Crippen molar-refractivity contribution in [2.24, 2.45) is 0 Å². The normalized spacial score (nSPS) is 18.0. The Balaban J connectivity index is 1.55. The zero-order valence-corrected chi connectivity index (χ0v) is 15.5. The maximum absolute atomic E-state index is 12.3.